The number of carbonyl (C=O) groups excluding carboxylic acids is 5. The summed E-state index contributed by atoms with van der Waals surface area (Å²) in [6.07, 6.45) is 0.560. The van der Waals surface area contributed by atoms with E-state index in [1.807, 2.05) is 0 Å². The average molecular weight is 459 g/mol. The third-order valence-electron chi connectivity index (χ3n) is 4.71. The Hall–Kier alpha value is -3.06. The van der Waals surface area contributed by atoms with Gasteiger partial charge in [-0.05, 0) is 25.7 Å². The molecule has 0 aromatic heterocycles. The van der Waals surface area contributed by atoms with E-state index >= 15 is 0 Å². The lowest BCUT2D eigenvalue weighted by molar-refractivity contribution is -0.138. The largest absolute Gasteiger partial charge is 0.481 e. The minimum Gasteiger partial charge on any atom is -0.481 e. The van der Waals surface area contributed by atoms with E-state index < -0.39 is 53.6 Å². The molecule has 13 heteroatoms. The summed E-state index contributed by atoms with van der Waals surface area (Å²) in [5.41, 5.74) is 21.4. The van der Waals surface area contributed by atoms with Crippen LogP contribution in [0.4, 0.5) is 0 Å². The van der Waals surface area contributed by atoms with Crippen molar-refractivity contribution in [1.82, 2.24) is 10.6 Å². The van der Waals surface area contributed by atoms with E-state index in [0.717, 1.165) is 0 Å². The number of aliphatic carboxylic acids is 1. The van der Waals surface area contributed by atoms with Gasteiger partial charge in [-0.3, -0.25) is 28.8 Å². The van der Waals surface area contributed by atoms with Crippen LogP contribution in [-0.2, 0) is 28.8 Å². The Labute approximate surface area is 186 Å². The maximum atomic E-state index is 12.2. The first-order valence-corrected chi connectivity index (χ1v) is 10.3. The number of carboxylic acids is 1. The lowest BCUT2D eigenvalue weighted by Gasteiger charge is -2.19. The van der Waals surface area contributed by atoms with Crippen LogP contribution in [0.3, 0.4) is 0 Å². The minimum absolute atomic E-state index is 0.151. The number of nitrogens with two attached hydrogens (primary N) is 4. The maximum Gasteiger partial charge on any atom is 0.303 e. The molecule has 4 unspecified atom stereocenters. The second-order valence-corrected chi connectivity index (χ2v) is 7.63. The summed E-state index contributed by atoms with van der Waals surface area (Å²) in [5, 5.41) is 13.6. The molecule has 4 amide bonds. The molecule has 0 heterocycles. The van der Waals surface area contributed by atoms with Crippen LogP contribution in [0.2, 0.25) is 0 Å². The van der Waals surface area contributed by atoms with Gasteiger partial charge in [0.15, 0.2) is 0 Å². The number of primary amides is 2. The van der Waals surface area contributed by atoms with Crippen LogP contribution in [-0.4, -0.2) is 65.2 Å². The highest BCUT2D eigenvalue weighted by molar-refractivity contribution is 5.92. The molecule has 0 radical (unpaired) electrons. The number of Topliss-reactive ketones (excluding diaryl/α,β-unsaturated/α-hetero) is 1. The Morgan fingerprint density at radius 1 is 0.875 bits per heavy atom. The van der Waals surface area contributed by atoms with Crippen LogP contribution >= 0.6 is 0 Å². The molecule has 0 aliphatic heterocycles. The third kappa shape index (κ3) is 12.6. The van der Waals surface area contributed by atoms with Crippen molar-refractivity contribution in [3.05, 3.63) is 0 Å². The molecule has 0 spiro atoms. The predicted octanol–water partition coefficient (Wildman–Crippen LogP) is -2.77. The molecule has 32 heavy (non-hydrogen) atoms. The molecule has 13 nitrogen and oxygen atoms in total. The molecule has 11 N–H and O–H groups in total. The molecule has 4 atom stereocenters. The highest BCUT2D eigenvalue weighted by atomic mass is 16.4. The van der Waals surface area contributed by atoms with Gasteiger partial charge in [-0.15, -0.1) is 0 Å². The van der Waals surface area contributed by atoms with Crippen molar-refractivity contribution in [2.45, 2.75) is 70.0 Å². The fourth-order valence-corrected chi connectivity index (χ4v) is 2.66. The predicted molar refractivity (Wildman–Crippen MR) is 113 cm³/mol. The molecule has 0 saturated heterocycles. The van der Waals surface area contributed by atoms with Gasteiger partial charge < -0.3 is 38.7 Å². The van der Waals surface area contributed by atoms with Crippen LogP contribution in [0.25, 0.3) is 0 Å². The van der Waals surface area contributed by atoms with Crippen molar-refractivity contribution in [3.8, 4) is 0 Å². The standard InChI is InChI=1S/C19H34N6O7/c1-10(19(32)25-13(18(23)31)5-6-16(28)29)8-14(26)11(20)4-2-3-7-24-15(27)9-12(21)17(22)30/h10-13H,2-9,20-21H2,1H3,(H2,22,30)(H2,23,31)(H,24,27)(H,25,32)(H,28,29). The molecular weight excluding hydrogens is 424 g/mol. The maximum absolute atomic E-state index is 12.2. The zero-order chi connectivity index (χ0) is 24.8. The smallest absolute Gasteiger partial charge is 0.303 e. The van der Waals surface area contributed by atoms with Crippen molar-refractivity contribution < 1.29 is 33.9 Å². The average Bonchev–Trinajstić information content (AvgIpc) is 2.69. The molecule has 0 saturated carbocycles. The monoisotopic (exact) mass is 458 g/mol. The Bertz CT molecular complexity index is 700. The van der Waals surface area contributed by atoms with Gasteiger partial charge in [0.05, 0.1) is 18.5 Å². The van der Waals surface area contributed by atoms with Crippen molar-refractivity contribution in [1.29, 1.82) is 0 Å². The lowest BCUT2D eigenvalue weighted by atomic mass is 9.96. The van der Waals surface area contributed by atoms with Crippen LogP contribution in [0.15, 0.2) is 0 Å². The number of hydrogen-bond donors (Lipinski definition) is 7. The highest BCUT2D eigenvalue weighted by Gasteiger charge is 2.25. The van der Waals surface area contributed by atoms with Gasteiger partial charge >= 0.3 is 5.97 Å². The second-order valence-electron chi connectivity index (χ2n) is 7.63. The molecule has 0 aliphatic rings. The van der Waals surface area contributed by atoms with Gasteiger partial charge in [0.2, 0.25) is 23.6 Å². The summed E-state index contributed by atoms with van der Waals surface area (Å²) in [4.78, 5) is 68.8. The molecule has 0 aliphatic carbocycles. The molecule has 0 aromatic carbocycles. The van der Waals surface area contributed by atoms with Crippen molar-refractivity contribution in [2.24, 2.45) is 28.9 Å². The summed E-state index contributed by atoms with van der Waals surface area (Å²) >= 11 is 0. The Balaban J connectivity index is 4.27. The lowest BCUT2D eigenvalue weighted by Crippen LogP contribution is -2.47. The number of nitrogens with one attached hydrogen (secondary N) is 2. The van der Waals surface area contributed by atoms with Crippen LogP contribution in [0.1, 0.15) is 51.9 Å². The van der Waals surface area contributed by atoms with Gasteiger partial charge in [0.25, 0.3) is 0 Å². The first-order valence-electron chi connectivity index (χ1n) is 10.3. The Morgan fingerprint density at radius 3 is 2.03 bits per heavy atom. The zero-order valence-corrected chi connectivity index (χ0v) is 18.2. The fourth-order valence-electron chi connectivity index (χ4n) is 2.66. The van der Waals surface area contributed by atoms with E-state index in [1.165, 1.54) is 6.92 Å². The van der Waals surface area contributed by atoms with Gasteiger partial charge in [-0.2, -0.15) is 0 Å². The molecular formula is C19H34N6O7. The third-order valence-corrected chi connectivity index (χ3v) is 4.71. The second kappa shape index (κ2) is 14.9. The van der Waals surface area contributed by atoms with E-state index in [1.54, 1.807) is 0 Å². The number of ketones is 1. The van der Waals surface area contributed by atoms with Gasteiger partial charge in [0.1, 0.15) is 11.8 Å². The zero-order valence-electron chi connectivity index (χ0n) is 18.2. The van der Waals surface area contributed by atoms with Crippen molar-refractivity contribution in [3.63, 3.8) is 0 Å². The summed E-state index contributed by atoms with van der Waals surface area (Å²) < 4.78 is 0. The van der Waals surface area contributed by atoms with E-state index in [9.17, 15) is 28.8 Å². The summed E-state index contributed by atoms with van der Waals surface area (Å²) in [6, 6.07) is -2.99. The van der Waals surface area contributed by atoms with Gasteiger partial charge in [-0.1, -0.05) is 6.92 Å². The Kier molecular flexibility index (Phi) is 13.4. The van der Waals surface area contributed by atoms with Crippen LogP contribution in [0, 0.1) is 5.92 Å². The summed E-state index contributed by atoms with van der Waals surface area (Å²) in [5.74, 6) is -4.89. The number of hydrogen-bond acceptors (Lipinski definition) is 8. The number of amides is 4. The molecule has 0 rings (SSSR count). The number of rotatable bonds is 17. The molecule has 0 aromatic rings. The van der Waals surface area contributed by atoms with E-state index in [4.69, 9.17) is 28.0 Å². The summed E-state index contributed by atoms with van der Waals surface area (Å²) in [7, 11) is 0. The molecule has 0 fully saturated rings. The van der Waals surface area contributed by atoms with E-state index in [2.05, 4.69) is 10.6 Å². The SMILES string of the molecule is CC(CC(=O)C(N)CCCCNC(=O)CC(N)C(N)=O)C(=O)NC(CCC(=O)O)C(N)=O. The quantitative estimate of drug-likeness (QED) is 0.111. The van der Waals surface area contributed by atoms with E-state index in [0.29, 0.717) is 25.8 Å². The van der Waals surface area contributed by atoms with Gasteiger partial charge in [0, 0.05) is 25.3 Å². The van der Waals surface area contributed by atoms with E-state index in [-0.39, 0.29) is 31.5 Å². The minimum atomic E-state index is -1.14. The van der Waals surface area contributed by atoms with Gasteiger partial charge in [-0.25, -0.2) is 0 Å². The number of carbonyl (C=O) groups is 6. The normalized spacial score (nSPS) is 14.5. The first-order chi connectivity index (χ1) is 14.8. The summed E-state index contributed by atoms with van der Waals surface area (Å²) in [6.45, 7) is 1.80. The highest BCUT2D eigenvalue weighted by Crippen LogP contribution is 2.09. The topological polar surface area (TPSA) is 251 Å². The van der Waals surface area contributed by atoms with Crippen LogP contribution < -0.4 is 33.6 Å². The van der Waals surface area contributed by atoms with Crippen LogP contribution in [0.5, 0.6) is 0 Å². The number of carboxylic acid groups (broad SMARTS) is 1. The Morgan fingerprint density at radius 2 is 1.50 bits per heavy atom. The van der Waals surface area contributed by atoms with Crippen molar-refractivity contribution in [2.75, 3.05) is 6.54 Å². The number of unbranched alkanes of at least 4 members (excludes halogenated alkanes) is 1. The fraction of sp³-hybridized carbons (Fsp3) is 0.684. The van der Waals surface area contributed by atoms with Crippen molar-refractivity contribution >= 4 is 35.4 Å². The first kappa shape index (κ1) is 28.9. The molecule has 182 valence electrons. The molecule has 0 bridgehead atoms.